The van der Waals surface area contributed by atoms with Gasteiger partial charge in [0.1, 0.15) is 6.04 Å². The van der Waals surface area contributed by atoms with Crippen LogP contribution in [-0.2, 0) is 21.2 Å². The number of carbonyl (C=O) groups is 1. The van der Waals surface area contributed by atoms with Crippen LogP contribution in [0.5, 0.6) is 0 Å². The Labute approximate surface area is 176 Å². The summed E-state index contributed by atoms with van der Waals surface area (Å²) < 4.78 is 26.1. The number of nitro benzene ring substituents is 1. The Hall–Kier alpha value is -2.94. The van der Waals surface area contributed by atoms with Crippen LogP contribution >= 0.6 is 0 Å². The van der Waals surface area contributed by atoms with Crippen molar-refractivity contribution in [3.05, 3.63) is 69.8 Å². The van der Waals surface area contributed by atoms with Gasteiger partial charge in [-0.3, -0.25) is 19.2 Å². The summed E-state index contributed by atoms with van der Waals surface area (Å²) in [5.41, 5.74) is 2.09. The fourth-order valence-corrected chi connectivity index (χ4v) is 5.18. The third kappa shape index (κ3) is 4.62. The molecule has 0 fully saturated rings. The number of sulfonamides is 1. The van der Waals surface area contributed by atoms with Crippen molar-refractivity contribution in [3.63, 3.8) is 0 Å². The highest BCUT2D eigenvalue weighted by molar-refractivity contribution is 7.92. The lowest BCUT2D eigenvalue weighted by Crippen LogP contribution is -2.50. The number of nitro groups is 1. The molecule has 1 aliphatic carbocycles. The molecule has 2 aromatic rings. The van der Waals surface area contributed by atoms with Crippen LogP contribution in [0.1, 0.15) is 43.4 Å². The normalized spacial score (nSPS) is 16.9. The maximum atomic E-state index is 13.2. The topological polar surface area (TPSA) is 110 Å². The number of carbonyl (C=O) groups excluding carboxylic acids is 1. The van der Waals surface area contributed by atoms with Gasteiger partial charge in [0.2, 0.25) is 15.9 Å². The van der Waals surface area contributed by atoms with Crippen molar-refractivity contribution in [3.8, 4) is 0 Å². The molecule has 0 bridgehead atoms. The van der Waals surface area contributed by atoms with E-state index in [1.165, 1.54) is 29.8 Å². The molecular formula is C21H25N3O5S. The zero-order chi connectivity index (χ0) is 21.9. The van der Waals surface area contributed by atoms with Gasteiger partial charge in [0.15, 0.2) is 0 Å². The number of hydrogen-bond donors (Lipinski definition) is 1. The van der Waals surface area contributed by atoms with Crippen molar-refractivity contribution in [2.24, 2.45) is 0 Å². The Morgan fingerprint density at radius 3 is 2.67 bits per heavy atom. The van der Waals surface area contributed by atoms with E-state index in [0.717, 1.165) is 35.4 Å². The Kier molecular flexibility index (Phi) is 6.40. The number of hydrogen-bond acceptors (Lipinski definition) is 5. The summed E-state index contributed by atoms with van der Waals surface area (Å²) in [7, 11) is -3.87. The van der Waals surface area contributed by atoms with Crippen LogP contribution in [0.25, 0.3) is 0 Å². The van der Waals surface area contributed by atoms with Gasteiger partial charge in [-0.15, -0.1) is 0 Å². The lowest BCUT2D eigenvalue weighted by Gasteiger charge is -2.33. The lowest BCUT2D eigenvalue weighted by molar-refractivity contribution is -0.384. The average Bonchev–Trinajstić information content (AvgIpc) is 2.71. The monoisotopic (exact) mass is 431 g/mol. The zero-order valence-electron chi connectivity index (χ0n) is 16.9. The van der Waals surface area contributed by atoms with E-state index in [2.05, 4.69) is 5.32 Å². The molecule has 160 valence electrons. The van der Waals surface area contributed by atoms with Gasteiger partial charge in [-0.2, -0.15) is 0 Å². The first-order valence-corrected chi connectivity index (χ1v) is 11.7. The molecule has 2 atom stereocenters. The van der Waals surface area contributed by atoms with E-state index in [1.54, 1.807) is 6.92 Å². The van der Waals surface area contributed by atoms with Crippen LogP contribution in [0.2, 0.25) is 0 Å². The van der Waals surface area contributed by atoms with Crippen molar-refractivity contribution >= 4 is 27.3 Å². The van der Waals surface area contributed by atoms with E-state index in [4.69, 9.17) is 0 Å². The molecule has 0 radical (unpaired) electrons. The number of amides is 1. The van der Waals surface area contributed by atoms with Crippen molar-refractivity contribution < 1.29 is 18.1 Å². The molecule has 0 aromatic heterocycles. The van der Waals surface area contributed by atoms with E-state index >= 15 is 0 Å². The highest BCUT2D eigenvalue weighted by Gasteiger charge is 2.34. The van der Waals surface area contributed by atoms with Gasteiger partial charge in [0.05, 0.1) is 22.9 Å². The molecule has 0 aliphatic heterocycles. The van der Waals surface area contributed by atoms with Gasteiger partial charge in [0, 0.05) is 12.1 Å². The first-order valence-electron chi connectivity index (χ1n) is 9.84. The number of nitrogens with zero attached hydrogens (tertiary/aromatic N) is 2. The van der Waals surface area contributed by atoms with Crippen LogP contribution in [-0.4, -0.2) is 31.5 Å². The number of anilines is 1. The Balaban J connectivity index is 1.92. The molecule has 1 N–H and O–H groups in total. The first-order chi connectivity index (χ1) is 14.2. The SMILES string of the molecule is CC[C@@H](C(=O)N[C@H]1CCCc2ccccc21)N(c1cccc([N+](=O)[O-])c1)S(C)(=O)=O. The van der Waals surface area contributed by atoms with Gasteiger partial charge in [-0.05, 0) is 42.9 Å². The number of nitrogens with one attached hydrogen (secondary N) is 1. The van der Waals surface area contributed by atoms with Crippen LogP contribution in [0.3, 0.4) is 0 Å². The molecule has 3 rings (SSSR count). The minimum Gasteiger partial charge on any atom is -0.347 e. The fourth-order valence-electron chi connectivity index (χ4n) is 3.98. The molecule has 8 nitrogen and oxygen atoms in total. The highest BCUT2D eigenvalue weighted by Crippen LogP contribution is 2.31. The Bertz CT molecular complexity index is 1050. The molecule has 1 amide bonds. The summed E-state index contributed by atoms with van der Waals surface area (Å²) in [6.07, 6.45) is 3.87. The predicted octanol–water partition coefficient (Wildman–Crippen LogP) is 3.33. The number of non-ortho nitro benzene ring substituents is 1. The van der Waals surface area contributed by atoms with Crippen molar-refractivity contribution in [2.45, 2.75) is 44.7 Å². The molecular weight excluding hydrogens is 406 g/mol. The molecule has 0 heterocycles. The van der Waals surface area contributed by atoms with E-state index in [1.807, 2.05) is 24.3 Å². The maximum Gasteiger partial charge on any atom is 0.271 e. The Morgan fingerprint density at radius 2 is 2.00 bits per heavy atom. The average molecular weight is 432 g/mol. The van der Waals surface area contributed by atoms with Crippen LogP contribution < -0.4 is 9.62 Å². The standard InChI is InChI=1S/C21H25N3O5S/c1-3-20(21(25)22-19-13-6-9-15-8-4-5-12-18(15)19)23(30(2,28)29)16-10-7-11-17(14-16)24(26)27/h4-5,7-8,10-12,14,19-20H,3,6,9,13H2,1-2H3,(H,22,25)/t19-,20-/m0/s1. The van der Waals surface area contributed by atoms with E-state index in [9.17, 15) is 23.3 Å². The van der Waals surface area contributed by atoms with E-state index in [-0.39, 0.29) is 23.8 Å². The number of rotatable bonds is 7. The number of fused-ring (bicyclic) bond motifs is 1. The highest BCUT2D eigenvalue weighted by atomic mass is 32.2. The minimum absolute atomic E-state index is 0.0951. The molecule has 0 spiro atoms. The Morgan fingerprint density at radius 1 is 1.27 bits per heavy atom. The van der Waals surface area contributed by atoms with Gasteiger partial charge in [-0.25, -0.2) is 8.42 Å². The predicted molar refractivity (Wildman–Crippen MR) is 115 cm³/mol. The number of aryl methyl sites for hydroxylation is 1. The second kappa shape index (κ2) is 8.83. The van der Waals surface area contributed by atoms with E-state index < -0.39 is 26.9 Å². The van der Waals surface area contributed by atoms with Gasteiger partial charge in [0.25, 0.3) is 5.69 Å². The summed E-state index contributed by atoms with van der Waals surface area (Å²) >= 11 is 0. The van der Waals surface area contributed by atoms with Crippen LogP contribution in [0, 0.1) is 10.1 Å². The molecule has 9 heteroatoms. The van der Waals surface area contributed by atoms with E-state index in [0.29, 0.717) is 0 Å². The quantitative estimate of drug-likeness (QED) is 0.534. The zero-order valence-corrected chi connectivity index (χ0v) is 17.8. The molecule has 2 aromatic carbocycles. The minimum atomic E-state index is -3.87. The second-order valence-electron chi connectivity index (χ2n) is 7.41. The summed E-state index contributed by atoms with van der Waals surface area (Å²) in [5.74, 6) is -0.420. The summed E-state index contributed by atoms with van der Waals surface area (Å²) in [6, 6.07) is 12.0. The van der Waals surface area contributed by atoms with Crippen molar-refractivity contribution in [1.29, 1.82) is 0 Å². The summed E-state index contributed by atoms with van der Waals surface area (Å²) in [4.78, 5) is 23.7. The third-order valence-electron chi connectivity index (χ3n) is 5.31. The summed E-state index contributed by atoms with van der Waals surface area (Å²) in [6.45, 7) is 1.72. The number of benzene rings is 2. The molecule has 1 aliphatic rings. The molecule has 0 saturated heterocycles. The van der Waals surface area contributed by atoms with Crippen molar-refractivity contribution in [2.75, 3.05) is 10.6 Å². The van der Waals surface area contributed by atoms with Crippen LogP contribution in [0.4, 0.5) is 11.4 Å². The smallest absolute Gasteiger partial charge is 0.271 e. The second-order valence-corrected chi connectivity index (χ2v) is 9.27. The lowest BCUT2D eigenvalue weighted by atomic mass is 9.87. The molecule has 30 heavy (non-hydrogen) atoms. The molecule has 0 unspecified atom stereocenters. The largest absolute Gasteiger partial charge is 0.347 e. The maximum absolute atomic E-state index is 13.2. The first kappa shape index (κ1) is 21.8. The summed E-state index contributed by atoms with van der Waals surface area (Å²) in [5, 5.41) is 14.1. The van der Waals surface area contributed by atoms with Crippen molar-refractivity contribution in [1.82, 2.24) is 5.32 Å². The third-order valence-corrected chi connectivity index (χ3v) is 6.49. The van der Waals surface area contributed by atoms with Gasteiger partial charge < -0.3 is 5.32 Å². The van der Waals surface area contributed by atoms with Gasteiger partial charge in [-0.1, -0.05) is 37.3 Å². The fraction of sp³-hybridized carbons (Fsp3) is 0.381. The van der Waals surface area contributed by atoms with Crippen LogP contribution in [0.15, 0.2) is 48.5 Å². The molecule has 0 saturated carbocycles. The van der Waals surface area contributed by atoms with Gasteiger partial charge >= 0.3 is 0 Å².